The summed E-state index contributed by atoms with van der Waals surface area (Å²) < 4.78 is 36.3. The molecule has 5 nitrogen and oxygen atoms in total. The van der Waals surface area contributed by atoms with Crippen LogP contribution in [0, 0.1) is 10.2 Å². The van der Waals surface area contributed by atoms with E-state index in [9.17, 15) is 0 Å². The van der Waals surface area contributed by atoms with Gasteiger partial charge in [0.2, 0.25) is 5.69 Å². The van der Waals surface area contributed by atoms with E-state index in [4.69, 9.17) is 18.6 Å². The Morgan fingerprint density at radius 2 is 1.35 bits per heavy atom. The Kier molecular flexibility index (Phi) is 4.89. The van der Waals surface area contributed by atoms with Crippen molar-refractivity contribution in [3.63, 3.8) is 0 Å². The third-order valence-electron chi connectivity index (χ3n) is 4.38. The second-order valence-electron chi connectivity index (χ2n) is 5.53. The van der Waals surface area contributed by atoms with Crippen LogP contribution in [0.1, 0.15) is 25.0 Å². The van der Waals surface area contributed by atoms with E-state index in [1.165, 1.54) is 22.5 Å². The van der Waals surface area contributed by atoms with E-state index < -0.39 is 10.2 Å². The lowest BCUT2D eigenvalue weighted by Crippen LogP contribution is -2.68. The molecule has 0 bridgehead atoms. The molecular weight excluding hydrogens is 318 g/mol. The summed E-state index contributed by atoms with van der Waals surface area (Å²) in [6.45, 7) is 4.55. The number of para-hydroxylation sites is 1. The van der Waals surface area contributed by atoms with Gasteiger partial charge in [-0.15, -0.1) is 10.2 Å². The maximum atomic E-state index is 8.49. The lowest BCUT2D eigenvalue weighted by Gasteiger charge is -2.22. The summed E-state index contributed by atoms with van der Waals surface area (Å²) in [5.74, 6) is 0. The van der Waals surface area contributed by atoms with Crippen molar-refractivity contribution < 1.29 is 33.5 Å². The van der Waals surface area contributed by atoms with Crippen molar-refractivity contribution in [1.29, 1.82) is 0 Å². The fraction of sp³-hybridized carbons (Fsp3) is 0.235. The zero-order chi connectivity index (χ0) is 17.3. The lowest BCUT2D eigenvalue weighted by atomic mass is 9.74. The topological polar surface area (TPSA) is 95.2 Å². The molecule has 2 aromatic carbocycles. The van der Waals surface area contributed by atoms with Gasteiger partial charge >= 0.3 is 0 Å². The van der Waals surface area contributed by atoms with Crippen LogP contribution in [0.4, 0.5) is 5.69 Å². The summed E-state index contributed by atoms with van der Waals surface area (Å²) in [5, 5.41) is 0. The lowest BCUT2D eigenvalue weighted by molar-refractivity contribution is -2.00. The molecule has 2 aromatic rings. The minimum atomic E-state index is -4.94. The summed E-state index contributed by atoms with van der Waals surface area (Å²) in [7, 11) is -2.79. The van der Waals surface area contributed by atoms with Crippen molar-refractivity contribution in [1.82, 2.24) is 0 Å². The number of rotatable bonds is 1. The number of hydrogen-bond donors (Lipinski definition) is 0. The van der Waals surface area contributed by atoms with Crippen LogP contribution in [-0.2, 0) is 5.41 Å². The SMILES string of the molecule is CC1=[N+](C)c2ccccc2C1(C)c1ccccc1.[O-][Cl+3]([O-])([O-])[O-]. The van der Waals surface area contributed by atoms with Crippen LogP contribution in [0.2, 0.25) is 0 Å². The molecule has 0 aromatic heterocycles. The quantitative estimate of drug-likeness (QED) is 0.624. The van der Waals surface area contributed by atoms with Crippen molar-refractivity contribution in [3.05, 3.63) is 65.7 Å². The standard InChI is InChI=1S/C17H18N.ClHO4/c1-13-17(2,14-9-5-4-6-10-14)15-11-7-8-12-16(15)18(13)3;2-1(3,4)5/h4-12H,1-3H3;(H,2,3,4,5)/q+1;/p-1. The number of fused-ring (bicyclic) bond motifs is 1. The first-order chi connectivity index (χ1) is 10.7. The van der Waals surface area contributed by atoms with Gasteiger partial charge in [-0.25, -0.2) is 23.2 Å². The second kappa shape index (κ2) is 6.39. The smallest absolute Gasteiger partial charge is 0.209 e. The molecule has 122 valence electrons. The third-order valence-corrected chi connectivity index (χ3v) is 4.38. The van der Waals surface area contributed by atoms with E-state index >= 15 is 0 Å². The van der Waals surface area contributed by atoms with Gasteiger partial charge in [-0.2, -0.15) is 0 Å². The summed E-state index contributed by atoms with van der Waals surface area (Å²) in [6.07, 6.45) is 0. The third kappa shape index (κ3) is 3.60. The highest BCUT2D eigenvalue weighted by Gasteiger charge is 2.46. The van der Waals surface area contributed by atoms with E-state index in [1.54, 1.807) is 0 Å². The van der Waals surface area contributed by atoms with Gasteiger partial charge in [-0.1, -0.05) is 48.5 Å². The maximum Gasteiger partial charge on any atom is 0.209 e. The molecule has 0 aliphatic carbocycles. The second-order valence-corrected chi connectivity index (χ2v) is 6.29. The summed E-state index contributed by atoms with van der Waals surface area (Å²) in [5.41, 5.74) is 5.46. The van der Waals surface area contributed by atoms with Crippen molar-refractivity contribution in [2.24, 2.45) is 0 Å². The number of benzene rings is 2. The predicted molar refractivity (Wildman–Crippen MR) is 75.9 cm³/mol. The van der Waals surface area contributed by atoms with Gasteiger partial charge in [0.05, 0.1) is 0 Å². The van der Waals surface area contributed by atoms with Crippen LogP contribution < -0.4 is 18.6 Å². The fourth-order valence-corrected chi connectivity index (χ4v) is 3.04. The highest BCUT2D eigenvalue weighted by Crippen LogP contribution is 2.43. The van der Waals surface area contributed by atoms with E-state index in [0.717, 1.165) is 0 Å². The average Bonchev–Trinajstić information content (AvgIpc) is 2.70. The van der Waals surface area contributed by atoms with Gasteiger partial charge in [-0.3, -0.25) is 0 Å². The summed E-state index contributed by atoms with van der Waals surface area (Å²) in [4.78, 5) is 0. The molecule has 6 heteroatoms. The molecule has 0 radical (unpaired) electrons. The maximum absolute atomic E-state index is 8.49. The first-order valence-corrected chi connectivity index (χ1v) is 8.23. The van der Waals surface area contributed by atoms with Crippen molar-refractivity contribution in [2.75, 3.05) is 7.05 Å². The van der Waals surface area contributed by atoms with E-state index in [1.807, 2.05) is 0 Å². The van der Waals surface area contributed by atoms with Crippen molar-refractivity contribution in [2.45, 2.75) is 19.3 Å². The van der Waals surface area contributed by atoms with Gasteiger partial charge in [0.25, 0.3) is 0 Å². The van der Waals surface area contributed by atoms with Crippen LogP contribution in [-0.4, -0.2) is 17.3 Å². The molecule has 1 unspecified atom stereocenters. The molecule has 0 spiro atoms. The highest BCUT2D eigenvalue weighted by molar-refractivity contribution is 5.97. The number of hydrogen-bond acceptors (Lipinski definition) is 4. The van der Waals surface area contributed by atoms with Crippen LogP contribution in [0.15, 0.2) is 54.6 Å². The molecule has 1 atom stereocenters. The number of halogens is 1. The van der Waals surface area contributed by atoms with Crippen LogP contribution in [0.25, 0.3) is 0 Å². The zero-order valence-corrected chi connectivity index (χ0v) is 13.9. The van der Waals surface area contributed by atoms with E-state index in [2.05, 4.69) is 80.1 Å². The molecule has 0 amide bonds. The normalized spacial score (nSPS) is 20.0. The van der Waals surface area contributed by atoms with E-state index in [0.29, 0.717) is 0 Å². The highest BCUT2D eigenvalue weighted by atomic mass is 35.7. The molecule has 3 rings (SSSR count). The van der Waals surface area contributed by atoms with Crippen molar-refractivity contribution in [3.8, 4) is 0 Å². The molecule has 0 fully saturated rings. The van der Waals surface area contributed by atoms with E-state index in [-0.39, 0.29) is 5.41 Å². The Hall–Kier alpha value is -1.76. The zero-order valence-electron chi connectivity index (χ0n) is 13.2. The number of nitrogens with zero attached hydrogens (tertiary/aromatic N) is 1. The Bertz CT molecular complexity index is 719. The van der Waals surface area contributed by atoms with Gasteiger partial charge in [0.15, 0.2) is 5.71 Å². The first-order valence-electron chi connectivity index (χ1n) is 7.00. The summed E-state index contributed by atoms with van der Waals surface area (Å²) in [6, 6.07) is 19.4. The Labute approximate surface area is 137 Å². The largest absolute Gasteiger partial charge is 0.222 e. The predicted octanol–water partition coefficient (Wildman–Crippen LogP) is -1.02. The molecule has 1 heterocycles. The monoisotopic (exact) mass is 335 g/mol. The molecular formula is C17H18ClNO4. The molecule has 0 N–H and O–H groups in total. The fourth-order valence-electron chi connectivity index (χ4n) is 3.04. The molecule has 1 aliphatic heterocycles. The van der Waals surface area contributed by atoms with Crippen LogP contribution in [0.5, 0.6) is 0 Å². The molecule has 0 saturated heterocycles. The van der Waals surface area contributed by atoms with Crippen LogP contribution in [0.3, 0.4) is 0 Å². The molecule has 1 aliphatic rings. The Morgan fingerprint density at radius 1 is 0.870 bits per heavy atom. The van der Waals surface area contributed by atoms with Gasteiger partial charge in [-0.05, 0) is 12.5 Å². The van der Waals surface area contributed by atoms with Crippen LogP contribution >= 0.6 is 0 Å². The van der Waals surface area contributed by atoms with Crippen molar-refractivity contribution >= 4 is 11.4 Å². The van der Waals surface area contributed by atoms with Gasteiger partial charge in [0.1, 0.15) is 12.5 Å². The Morgan fingerprint density at radius 3 is 1.91 bits per heavy atom. The average molecular weight is 336 g/mol. The molecule has 0 saturated carbocycles. The Balaban J connectivity index is 0.000000338. The first kappa shape index (κ1) is 17.6. The molecule has 23 heavy (non-hydrogen) atoms. The van der Waals surface area contributed by atoms with Gasteiger partial charge < -0.3 is 0 Å². The minimum absolute atomic E-state index is 0.00734. The van der Waals surface area contributed by atoms with Gasteiger partial charge in [0, 0.05) is 18.6 Å². The minimum Gasteiger partial charge on any atom is -0.222 e. The summed E-state index contributed by atoms with van der Waals surface area (Å²) >= 11 is 0.